The van der Waals surface area contributed by atoms with Crippen LogP contribution in [0.1, 0.15) is 18.2 Å². The standard InChI is InChI=1S/C15H20NO3.C8H4F3N2.Mn/c1-11-9-16(5-6-18-11)13-7-12-3-4-14(17-2)8-15(12)19-10-13;9-8(10,11)6-4-5-2-1-3-12-7(5)13-6;/h3-4,7-8,11,13H,5-6,9-10H2,1-2H3;1,3-4H,(H,12,13);/q2*-1;+2/t11-,13-;;/m1../s1. The van der Waals surface area contributed by atoms with Crippen molar-refractivity contribution in [3.8, 4) is 11.5 Å². The maximum absolute atomic E-state index is 12.2. The zero-order valence-electron chi connectivity index (χ0n) is 18.2. The maximum Gasteiger partial charge on any atom is 2.00 e. The SMILES string of the molecule is COc1ccc2c(c1)OC[C@H](N1CCO[C@H](C)C1)[CH-]2.FC(F)(F)c1cc2[c-]ccnc2[nH]1.[Mn+2]. The van der Waals surface area contributed by atoms with Crippen molar-refractivity contribution in [3.63, 3.8) is 0 Å². The molecule has 0 saturated carbocycles. The van der Waals surface area contributed by atoms with E-state index in [4.69, 9.17) is 14.2 Å². The second kappa shape index (κ2) is 10.7. The molecule has 4 heterocycles. The summed E-state index contributed by atoms with van der Waals surface area (Å²) in [5.74, 6) is 1.75. The Labute approximate surface area is 200 Å². The van der Waals surface area contributed by atoms with E-state index in [0.717, 1.165) is 42.8 Å². The van der Waals surface area contributed by atoms with E-state index in [1.165, 1.54) is 12.3 Å². The van der Waals surface area contributed by atoms with Crippen molar-refractivity contribution in [1.29, 1.82) is 0 Å². The van der Waals surface area contributed by atoms with Crippen molar-refractivity contribution < 1.29 is 44.5 Å². The van der Waals surface area contributed by atoms with Gasteiger partial charge in [-0.1, -0.05) is 12.3 Å². The molecular formula is C23H24F3MnN3O3. The number of halogens is 3. The van der Waals surface area contributed by atoms with Crippen LogP contribution in [0, 0.1) is 12.5 Å². The van der Waals surface area contributed by atoms with Gasteiger partial charge in [0, 0.05) is 30.5 Å². The van der Waals surface area contributed by atoms with E-state index < -0.39 is 11.9 Å². The first kappa shape index (κ1) is 25.2. The van der Waals surface area contributed by atoms with Gasteiger partial charge < -0.3 is 24.2 Å². The van der Waals surface area contributed by atoms with Crippen LogP contribution in [0.2, 0.25) is 0 Å². The molecule has 2 atom stereocenters. The van der Waals surface area contributed by atoms with E-state index in [0.29, 0.717) is 24.1 Å². The van der Waals surface area contributed by atoms with E-state index in [2.05, 4.69) is 40.3 Å². The Hall–Kier alpha value is -2.39. The van der Waals surface area contributed by atoms with Crippen LogP contribution in [0.5, 0.6) is 11.5 Å². The van der Waals surface area contributed by atoms with Crippen LogP contribution in [-0.2, 0) is 28.0 Å². The molecule has 1 radical (unpaired) electrons. The molecule has 3 aromatic rings. The topological polar surface area (TPSA) is 59.6 Å². The molecule has 2 aliphatic rings. The summed E-state index contributed by atoms with van der Waals surface area (Å²) in [6.07, 6.45) is -0.372. The predicted octanol–water partition coefficient (Wildman–Crippen LogP) is 4.11. The summed E-state index contributed by atoms with van der Waals surface area (Å²) in [5, 5.41) is 0.342. The average Bonchev–Trinajstić information content (AvgIpc) is 3.24. The van der Waals surface area contributed by atoms with Crippen LogP contribution < -0.4 is 9.47 Å². The number of fused-ring (bicyclic) bond motifs is 2. The first-order valence-corrected chi connectivity index (χ1v) is 10.3. The Bertz CT molecular complexity index is 1030. The van der Waals surface area contributed by atoms with Gasteiger partial charge in [0.2, 0.25) is 0 Å². The molecule has 1 aromatic carbocycles. The fourth-order valence-electron chi connectivity index (χ4n) is 3.74. The van der Waals surface area contributed by atoms with Crippen LogP contribution in [0.15, 0.2) is 36.5 Å². The van der Waals surface area contributed by atoms with Crippen LogP contribution >= 0.6 is 0 Å². The van der Waals surface area contributed by atoms with Crippen LogP contribution in [0.3, 0.4) is 0 Å². The van der Waals surface area contributed by atoms with Gasteiger partial charge in [-0.3, -0.25) is 4.90 Å². The Kier molecular flexibility index (Phi) is 8.18. The van der Waals surface area contributed by atoms with Gasteiger partial charge in [-0.15, -0.1) is 29.1 Å². The summed E-state index contributed by atoms with van der Waals surface area (Å²) in [7, 11) is 1.67. The second-order valence-corrected chi connectivity index (χ2v) is 7.66. The number of H-pyrrole nitrogens is 1. The maximum atomic E-state index is 12.2. The quantitative estimate of drug-likeness (QED) is 0.423. The van der Waals surface area contributed by atoms with Crippen molar-refractivity contribution in [3.05, 3.63) is 60.3 Å². The van der Waals surface area contributed by atoms with Crippen molar-refractivity contribution in [2.24, 2.45) is 0 Å². The monoisotopic (exact) mass is 502 g/mol. The van der Waals surface area contributed by atoms with Gasteiger partial charge in [0.1, 0.15) is 0 Å². The minimum absolute atomic E-state index is 0. The number of nitrogens with zero attached hydrogens (tertiary/aromatic N) is 2. The Morgan fingerprint density at radius 3 is 2.82 bits per heavy atom. The molecule has 177 valence electrons. The molecule has 10 heteroatoms. The van der Waals surface area contributed by atoms with Crippen molar-refractivity contribution >= 4 is 11.0 Å². The zero-order valence-corrected chi connectivity index (χ0v) is 19.3. The fraction of sp³-hybridized carbons (Fsp3) is 0.391. The summed E-state index contributed by atoms with van der Waals surface area (Å²) in [6.45, 7) is 5.57. The number of methoxy groups -OCH3 is 1. The van der Waals surface area contributed by atoms with Crippen LogP contribution in [-0.4, -0.2) is 60.4 Å². The average molecular weight is 502 g/mol. The number of hydrogen-bond donors (Lipinski definition) is 1. The van der Waals surface area contributed by atoms with E-state index >= 15 is 0 Å². The predicted molar refractivity (Wildman–Crippen MR) is 113 cm³/mol. The third-order valence-corrected chi connectivity index (χ3v) is 5.36. The molecule has 0 spiro atoms. The van der Waals surface area contributed by atoms with Gasteiger partial charge in [-0.25, -0.2) is 0 Å². The molecule has 1 saturated heterocycles. The Morgan fingerprint density at radius 2 is 2.12 bits per heavy atom. The Morgan fingerprint density at radius 1 is 1.30 bits per heavy atom. The van der Waals surface area contributed by atoms with Gasteiger partial charge in [0.15, 0.2) is 0 Å². The van der Waals surface area contributed by atoms with E-state index in [1.807, 2.05) is 12.1 Å². The molecule has 1 fully saturated rings. The molecule has 2 aliphatic heterocycles. The minimum atomic E-state index is -4.35. The number of hydrogen-bond acceptors (Lipinski definition) is 5. The first-order chi connectivity index (χ1) is 15.3. The summed E-state index contributed by atoms with van der Waals surface area (Å²) in [4.78, 5) is 8.33. The number of nitrogens with one attached hydrogen (secondary N) is 1. The van der Waals surface area contributed by atoms with E-state index in [-0.39, 0.29) is 22.7 Å². The van der Waals surface area contributed by atoms with Crippen LogP contribution in [0.4, 0.5) is 13.2 Å². The number of aromatic amines is 1. The van der Waals surface area contributed by atoms with Crippen LogP contribution in [0.25, 0.3) is 11.0 Å². The number of benzene rings is 1. The third kappa shape index (κ3) is 6.14. The molecule has 5 rings (SSSR count). The van der Waals surface area contributed by atoms with E-state index in [1.54, 1.807) is 7.11 Å². The van der Waals surface area contributed by atoms with Gasteiger partial charge in [-0.2, -0.15) is 25.7 Å². The molecule has 0 unspecified atom stereocenters. The summed E-state index contributed by atoms with van der Waals surface area (Å²) < 4.78 is 53.1. The number of rotatable bonds is 2. The number of alkyl halides is 3. The molecule has 1 N–H and O–H groups in total. The summed E-state index contributed by atoms with van der Waals surface area (Å²) in [5.41, 5.74) is 0.559. The largest absolute Gasteiger partial charge is 2.00 e. The molecule has 2 aromatic heterocycles. The molecule has 0 bridgehead atoms. The second-order valence-electron chi connectivity index (χ2n) is 7.66. The number of pyridine rings is 1. The third-order valence-electron chi connectivity index (χ3n) is 5.36. The fourth-order valence-corrected chi connectivity index (χ4v) is 3.74. The molecule has 0 amide bonds. The van der Waals surface area contributed by atoms with Crippen molar-refractivity contribution in [2.75, 3.05) is 33.4 Å². The van der Waals surface area contributed by atoms with Gasteiger partial charge in [0.05, 0.1) is 37.9 Å². The van der Waals surface area contributed by atoms with Gasteiger partial charge in [0.25, 0.3) is 0 Å². The first-order valence-electron chi connectivity index (χ1n) is 10.3. The number of ether oxygens (including phenoxy) is 3. The smallest absolute Gasteiger partial charge is 0.549 e. The molecule has 33 heavy (non-hydrogen) atoms. The summed E-state index contributed by atoms with van der Waals surface area (Å²) in [6, 6.07) is 11.4. The Balaban J connectivity index is 0.000000192. The normalized spacial score (nSPS) is 20.4. The van der Waals surface area contributed by atoms with E-state index in [9.17, 15) is 13.2 Å². The zero-order chi connectivity index (χ0) is 22.7. The summed E-state index contributed by atoms with van der Waals surface area (Å²) >= 11 is 0. The van der Waals surface area contributed by atoms with Gasteiger partial charge >= 0.3 is 23.2 Å². The number of morpholine rings is 1. The van der Waals surface area contributed by atoms with Crippen molar-refractivity contribution in [1.82, 2.24) is 14.9 Å². The van der Waals surface area contributed by atoms with Crippen molar-refractivity contribution in [2.45, 2.75) is 25.2 Å². The minimum Gasteiger partial charge on any atom is -0.549 e. The number of aromatic nitrogens is 2. The molecule has 0 aliphatic carbocycles. The van der Waals surface area contributed by atoms with Gasteiger partial charge in [-0.05, 0) is 13.0 Å². The molecule has 6 nitrogen and oxygen atoms in total. The molecular weight excluding hydrogens is 478 g/mol.